The number of carbonyl (C=O) groups excluding carboxylic acids is 1. The number of amides is 1. The third kappa shape index (κ3) is 0.907. The van der Waals surface area contributed by atoms with Crippen LogP contribution in [0.25, 0.3) is 0 Å². The number of fused-ring (bicyclic) bond motifs is 1. The molecule has 0 radical (unpaired) electrons. The smallest absolute Gasteiger partial charge is 0.304 e. The molecule has 5 nitrogen and oxygen atoms in total. The van der Waals surface area contributed by atoms with Crippen LogP contribution in [-0.2, 0) is 4.79 Å². The Balaban J connectivity index is 2.67. The monoisotopic (exact) mass is 178 g/mol. The fourth-order valence-corrected chi connectivity index (χ4v) is 1.28. The van der Waals surface area contributed by atoms with E-state index in [9.17, 15) is 10.0 Å². The van der Waals surface area contributed by atoms with Crippen molar-refractivity contribution in [3.63, 3.8) is 0 Å². The van der Waals surface area contributed by atoms with Gasteiger partial charge in [-0.1, -0.05) is 23.4 Å². The highest BCUT2D eigenvalue weighted by Gasteiger charge is 2.33. The van der Waals surface area contributed by atoms with Gasteiger partial charge in [-0.2, -0.15) is 5.06 Å². The van der Waals surface area contributed by atoms with E-state index in [1.54, 1.807) is 24.3 Å². The van der Waals surface area contributed by atoms with Gasteiger partial charge < -0.3 is 5.21 Å². The Hall–Kier alpha value is -1.88. The highest BCUT2D eigenvalue weighted by Crippen LogP contribution is 2.26. The quantitative estimate of drug-likeness (QED) is 0.347. The van der Waals surface area contributed by atoms with Crippen LogP contribution in [0, 0.1) is 0 Å². The van der Waals surface area contributed by atoms with E-state index in [0.717, 1.165) is 0 Å². The molecule has 1 aliphatic heterocycles. The molecule has 0 fully saturated rings. The van der Waals surface area contributed by atoms with E-state index in [1.807, 2.05) is 0 Å². The molecule has 13 heavy (non-hydrogen) atoms. The van der Waals surface area contributed by atoms with Crippen molar-refractivity contribution < 1.29 is 15.2 Å². The van der Waals surface area contributed by atoms with Crippen LogP contribution in [0.5, 0.6) is 0 Å². The summed E-state index contributed by atoms with van der Waals surface area (Å²) in [6, 6.07) is 6.52. The van der Waals surface area contributed by atoms with Gasteiger partial charge in [-0.15, -0.1) is 0 Å². The Kier molecular flexibility index (Phi) is 1.53. The summed E-state index contributed by atoms with van der Waals surface area (Å²) in [5.41, 5.74) is 0.621. The minimum atomic E-state index is -0.719. The van der Waals surface area contributed by atoms with Crippen molar-refractivity contribution in [2.24, 2.45) is 5.16 Å². The lowest BCUT2D eigenvalue weighted by molar-refractivity contribution is -0.116. The summed E-state index contributed by atoms with van der Waals surface area (Å²) in [6.07, 6.45) is 0. The largest absolute Gasteiger partial charge is 0.410 e. The number of nitrogens with zero attached hydrogens (tertiary/aromatic N) is 2. The van der Waals surface area contributed by atoms with Crippen molar-refractivity contribution >= 4 is 17.3 Å². The molecule has 0 saturated carbocycles. The molecular weight excluding hydrogens is 172 g/mol. The van der Waals surface area contributed by atoms with E-state index in [4.69, 9.17) is 5.21 Å². The number of benzene rings is 1. The van der Waals surface area contributed by atoms with Crippen molar-refractivity contribution in [2.45, 2.75) is 0 Å². The summed E-state index contributed by atoms with van der Waals surface area (Å²) >= 11 is 0. The molecule has 66 valence electrons. The summed E-state index contributed by atoms with van der Waals surface area (Å²) in [6.45, 7) is 0. The molecule has 0 saturated heterocycles. The standard InChI is InChI=1S/C8H6N2O3/c11-8-7(9-12)5-3-1-2-4-6(5)10(8)13/h1-4,12-13H. The van der Waals surface area contributed by atoms with Crippen LogP contribution in [0.1, 0.15) is 5.56 Å². The first-order valence-electron chi connectivity index (χ1n) is 3.60. The van der Waals surface area contributed by atoms with Gasteiger partial charge in [0.1, 0.15) is 0 Å². The van der Waals surface area contributed by atoms with Crippen molar-refractivity contribution in [1.82, 2.24) is 0 Å². The van der Waals surface area contributed by atoms with Crippen LogP contribution < -0.4 is 5.06 Å². The van der Waals surface area contributed by atoms with Gasteiger partial charge in [-0.3, -0.25) is 10.0 Å². The Labute approximate surface area is 73.5 Å². The van der Waals surface area contributed by atoms with Crippen LogP contribution in [-0.4, -0.2) is 22.0 Å². The summed E-state index contributed by atoms with van der Waals surface area (Å²) in [5, 5.41) is 21.1. The third-order valence-electron chi connectivity index (χ3n) is 1.88. The summed E-state index contributed by atoms with van der Waals surface area (Å²) < 4.78 is 0. The Morgan fingerprint density at radius 2 is 2.00 bits per heavy atom. The molecule has 0 aromatic heterocycles. The Bertz CT molecular complexity index is 400. The lowest BCUT2D eigenvalue weighted by Gasteiger charge is -2.04. The van der Waals surface area contributed by atoms with Crippen LogP contribution >= 0.6 is 0 Å². The van der Waals surface area contributed by atoms with Gasteiger partial charge in [0, 0.05) is 5.56 Å². The molecule has 2 rings (SSSR count). The zero-order valence-electron chi connectivity index (χ0n) is 6.51. The van der Waals surface area contributed by atoms with Crippen LogP contribution in [0.15, 0.2) is 29.4 Å². The first kappa shape index (κ1) is 7.75. The maximum atomic E-state index is 11.2. The molecule has 1 aliphatic rings. The van der Waals surface area contributed by atoms with E-state index in [0.29, 0.717) is 16.3 Å². The fourth-order valence-electron chi connectivity index (χ4n) is 1.28. The maximum absolute atomic E-state index is 11.2. The van der Waals surface area contributed by atoms with Gasteiger partial charge in [0.05, 0.1) is 5.69 Å². The number of hydrogen-bond acceptors (Lipinski definition) is 4. The molecule has 0 aliphatic carbocycles. The van der Waals surface area contributed by atoms with Crippen LogP contribution in [0.2, 0.25) is 0 Å². The molecule has 5 heteroatoms. The average Bonchev–Trinajstić information content (AvgIpc) is 2.41. The van der Waals surface area contributed by atoms with E-state index >= 15 is 0 Å². The molecule has 0 spiro atoms. The summed E-state index contributed by atoms with van der Waals surface area (Å²) in [4.78, 5) is 11.2. The van der Waals surface area contributed by atoms with Gasteiger partial charge in [-0.25, -0.2) is 0 Å². The normalized spacial score (nSPS) is 18.1. The zero-order chi connectivity index (χ0) is 9.42. The number of oxime groups is 1. The second-order valence-corrected chi connectivity index (χ2v) is 2.58. The maximum Gasteiger partial charge on any atom is 0.304 e. The van der Waals surface area contributed by atoms with Crippen molar-refractivity contribution in [3.8, 4) is 0 Å². The summed E-state index contributed by atoms with van der Waals surface area (Å²) in [7, 11) is 0. The highest BCUT2D eigenvalue weighted by atomic mass is 16.5. The van der Waals surface area contributed by atoms with E-state index in [1.165, 1.54) is 0 Å². The lowest BCUT2D eigenvalue weighted by atomic mass is 10.1. The number of hydroxylamine groups is 1. The number of rotatable bonds is 0. The second-order valence-electron chi connectivity index (χ2n) is 2.58. The van der Waals surface area contributed by atoms with Crippen LogP contribution in [0.4, 0.5) is 5.69 Å². The van der Waals surface area contributed by atoms with Crippen molar-refractivity contribution in [2.75, 3.05) is 5.06 Å². The van der Waals surface area contributed by atoms with E-state index in [-0.39, 0.29) is 5.71 Å². The molecule has 2 N–H and O–H groups in total. The SMILES string of the molecule is O=C1C(=NO)c2ccccc2N1O. The predicted molar refractivity (Wildman–Crippen MR) is 44.0 cm³/mol. The number of para-hydroxylation sites is 1. The van der Waals surface area contributed by atoms with Gasteiger partial charge >= 0.3 is 5.91 Å². The Morgan fingerprint density at radius 3 is 2.69 bits per heavy atom. The molecule has 1 aromatic carbocycles. The number of hydrogen-bond donors (Lipinski definition) is 2. The molecule has 1 aromatic rings. The van der Waals surface area contributed by atoms with Crippen molar-refractivity contribution in [3.05, 3.63) is 29.8 Å². The summed E-state index contributed by atoms with van der Waals surface area (Å²) in [5.74, 6) is -0.719. The first-order valence-corrected chi connectivity index (χ1v) is 3.60. The van der Waals surface area contributed by atoms with Crippen molar-refractivity contribution in [1.29, 1.82) is 0 Å². The average molecular weight is 178 g/mol. The minimum absolute atomic E-state index is 0.141. The fraction of sp³-hybridized carbons (Fsp3) is 0. The van der Waals surface area contributed by atoms with E-state index < -0.39 is 5.91 Å². The molecule has 0 bridgehead atoms. The topological polar surface area (TPSA) is 73.1 Å². The number of anilines is 1. The van der Waals surface area contributed by atoms with Crippen LogP contribution in [0.3, 0.4) is 0 Å². The Morgan fingerprint density at radius 1 is 1.31 bits per heavy atom. The molecule has 0 unspecified atom stereocenters. The van der Waals surface area contributed by atoms with Gasteiger partial charge in [-0.05, 0) is 6.07 Å². The van der Waals surface area contributed by atoms with Gasteiger partial charge in [0.25, 0.3) is 0 Å². The third-order valence-corrected chi connectivity index (χ3v) is 1.88. The second kappa shape index (κ2) is 2.56. The van der Waals surface area contributed by atoms with Gasteiger partial charge in [0.15, 0.2) is 5.71 Å². The number of carbonyl (C=O) groups is 1. The molecule has 1 amide bonds. The minimum Gasteiger partial charge on any atom is -0.410 e. The zero-order valence-corrected chi connectivity index (χ0v) is 6.51. The molecular formula is C8H6N2O3. The highest BCUT2D eigenvalue weighted by molar-refractivity contribution is 6.53. The predicted octanol–water partition coefficient (Wildman–Crippen LogP) is 0.601. The van der Waals surface area contributed by atoms with E-state index in [2.05, 4.69) is 5.16 Å². The lowest BCUT2D eigenvalue weighted by Crippen LogP contribution is -2.26. The molecule has 1 heterocycles. The van der Waals surface area contributed by atoms with Gasteiger partial charge in [0.2, 0.25) is 0 Å². The molecule has 0 atom stereocenters. The first-order chi connectivity index (χ1) is 6.25.